The molecule has 50 heavy (non-hydrogen) atoms. The van der Waals surface area contributed by atoms with E-state index in [1.807, 2.05) is 24.3 Å². The fourth-order valence-corrected chi connectivity index (χ4v) is 7.43. The predicted molar refractivity (Wildman–Crippen MR) is 190 cm³/mol. The molecule has 0 spiro atoms. The fraction of sp³-hybridized carbons (Fsp3) is 0.303. The third kappa shape index (κ3) is 7.79. The summed E-state index contributed by atoms with van der Waals surface area (Å²) in [5, 5.41) is 3.53. The van der Waals surface area contributed by atoms with E-state index in [2.05, 4.69) is 37.2 Å². The number of piperidine rings is 1. The average Bonchev–Trinajstić information content (AvgIpc) is 3.09. The monoisotopic (exact) mass is 738 g/mol. The van der Waals surface area contributed by atoms with Gasteiger partial charge in [-0.05, 0) is 68.4 Å². The van der Waals surface area contributed by atoms with Crippen LogP contribution in [0.2, 0.25) is 5.02 Å². The maximum atomic E-state index is 14.1. The van der Waals surface area contributed by atoms with Crippen molar-refractivity contribution in [3.63, 3.8) is 0 Å². The van der Waals surface area contributed by atoms with Gasteiger partial charge in [0.25, 0.3) is 5.56 Å². The van der Waals surface area contributed by atoms with Crippen LogP contribution >= 0.6 is 11.6 Å². The van der Waals surface area contributed by atoms with Crippen molar-refractivity contribution in [2.45, 2.75) is 35.3 Å². The smallest absolute Gasteiger partial charge is 0.261 e. The molecule has 1 aromatic carbocycles. The highest BCUT2D eigenvalue weighted by Crippen LogP contribution is 2.30. The zero-order valence-electron chi connectivity index (χ0n) is 27.5. The van der Waals surface area contributed by atoms with E-state index >= 15 is 0 Å². The molecule has 4 aromatic heterocycles. The van der Waals surface area contributed by atoms with E-state index in [1.54, 1.807) is 0 Å². The van der Waals surface area contributed by atoms with Gasteiger partial charge in [-0.15, -0.1) is 0 Å². The van der Waals surface area contributed by atoms with Crippen LogP contribution in [0.5, 0.6) is 5.75 Å². The molecule has 1 aliphatic heterocycles. The number of hydrogen-bond donors (Lipinski definition) is 1. The van der Waals surface area contributed by atoms with Crippen molar-refractivity contribution in [2.75, 3.05) is 45.3 Å². The number of sulfone groups is 1. The number of hydrogen-bond acceptors (Lipinski definition) is 12. The summed E-state index contributed by atoms with van der Waals surface area (Å²) in [6.07, 6.45) is 8.55. The van der Waals surface area contributed by atoms with Crippen LogP contribution in [-0.4, -0.2) is 96.6 Å². The van der Waals surface area contributed by atoms with Gasteiger partial charge in [0.2, 0.25) is 25.8 Å². The third-order valence-electron chi connectivity index (χ3n) is 8.45. The number of ether oxygens (including phenoxy) is 1. The molecule has 0 atom stereocenters. The van der Waals surface area contributed by atoms with Gasteiger partial charge in [0.15, 0.2) is 0 Å². The molecule has 14 nitrogen and oxygen atoms in total. The van der Waals surface area contributed by atoms with Gasteiger partial charge in [-0.25, -0.2) is 26.1 Å². The Morgan fingerprint density at radius 1 is 0.980 bits per heavy atom. The van der Waals surface area contributed by atoms with Crippen LogP contribution in [0.15, 0.2) is 87.9 Å². The minimum atomic E-state index is -3.96. The number of fused-ring (bicyclic) bond motifs is 1. The van der Waals surface area contributed by atoms with Crippen LogP contribution in [0.25, 0.3) is 22.3 Å². The molecule has 262 valence electrons. The summed E-state index contributed by atoms with van der Waals surface area (Å²) in [5.74, 6) is 0.969. The highest BCUT2D eigenvalue weighted by Gasteiger charge is 2.23. The molecule has 0 aliphatic carbocycles. The number of rotatable bonds is 11. The molecule has 0 radical (unpaired) electrons. The minimum Gasteiger partial charge on any atom is -0.490 e. The van der Waals surface area contributed by atoms with Gasteiger partial charge in [-0.3, -0.25) is 19.3 Å². The van der Waals surface area contributed by atoms with Gasteiger partial charge < -0.3 is 15.0 Å². The number of pyridine rings is 3. The second kappa shape index (κ2) is 14.4. The Balaban J connectivity index is 1.33. The number of likely N-dealkylation sites (tertiary alicyclic amines) is 1. The van der Waals surface area contributed by atoms with E-state index < -0.39 is 25.4 Å². The van der Waals surface area contributed by atoms with Crippen LogP contribution in [0.1, 0.15) is 12.8 Å². The second-order valence-corrected chi connectivity index (χ2v) is 16.5. The van der Waals surface area contributed by atoms with Crippen LogP contribution in [0.4, 0.5) is 11.6 Å². The average molecular weight is 739 g/mol. The lowest BCUT2D eigenvalue weighted by molar-refractivity contribution is 0.114. The molecule has 1 saturated heterocycles. The summed E-state index contributed by atoms with van der Waals surface area (Å²) in [5.41, 5.74) is 0.483. The summed E-state index contributed by atoms with van der Waals surface area (Å²) >= 11 is 6.58. The van der Waals surface area contributed by atoms with Crippen molar-refractivity contribution < 1.29 is 21.6 Å². The Kier molecular flexibility index (Phi) is 10.2. The number of aromatic nitrogens is 5. The summed E-state index contributed by atoms with van der Waals surface area (Å²) < 4.78 is 59.2. The number of anilines is 2. The first-order valence-corrected chi connectivity index (χ1v) is 19.4. The molecule has 0 unspecified atom stereocenters. The molecule has 0 bridgehead atoms. The number of likely N-dealkylation sites (N-methyl/N-ethyl adjacent to an activating group) is 1. The van der Waals surface area contributed by atoms with Crippen molar-refractivity contribution in [3.05, 3.63) is 88.7 Å². The minimum absolute atomic E-state index is 0.0136. The lowest BCUT2D eigenvalue weighted by Gasteiger charge is -2.29. The van der Waals surface area contributed by atoms with Gasteiger partial charge in [0, 0.05) is 69.1 Å². The van der Waals surface area contributed by atoms with Crippen LogP contribution in [0, 0.1) is 0 Å². The van der Waals surface area contributed by atoms with Gasteiger partial charge in [-0.2, -0.15) is 4.98 Å². The predicted octanol–water partition coefficient (Wildman–Crippen LogP) is 3.84. The standard InChI is InChI=1S/C33H35ClN8O6S2/c1-40-14-10-25(11-15-40)48-24-6-4-23(5-7-24)38-33-37-20-22-18-28(32(43)42(31(22)39-33)17-16-41(2)49(3,44)45)30-29(34)19-27(21-36-30)50(46,47)26-8-12-35-13-9-26/h4-9,12-13,18-21,25H,10-11,14-17H2,1-3H3,(H,37,38,39). The number of halogens is 1. The zero-order valence-corrected chi connectivity index (χ0v) is 29.9. The Bertz CT molecular complexity index is 2300. The molecule has 1 N–H and O–H groups in total. The fourth-order valence-electron chi connectivity index (χ4n) is 5.46. The van der Waals surface area contributed by atoms with Gasteiger partial charge in [-0.1, -0.05) is 11.6 Å². The first kappa shape index (κ1) is 35.3. The number of benzene rings is 1. The summed E-state index contributed by atoms with van der Waals surface area (Å²) in [6, 6.07) is 12.9. The molecule has 0 saturated carbocycles. The highest BCUT2D eigenvalue weighted by atomic mass is 35.5. The van der Waals surface area contributed by atoms with Crippen LogP contribution < -0.4 is 15.6 Å². The van der Waals surface area contributed by atoms with Gasteiger partial charge in [0.1, 0.15) is 17.5 Å². The Morgan fingerprint density at radius 2 is 1.68 bits per heavy atom. The highest BCUT2D eigenvalue weighted by molar-refractivity contribution is 7.91. The SMILES string of the molecule is CN1CCC(Oc2ccc(Nc3ncc4cc(-c5ncc(S(=O)(=O)c6ccncc6)cc5Cl)c(=O)n(CCN(C)S(C)(=O)=O)c4n3)cc2)CC1. The van der Waals surface area contributed by atoms with E-state index in [4.69, 9.17) is 16.3 Å². The molecule has 1 aliphatic rings. The van der Waals surface area contributed by atoms with Gasteiger partial charge in [0.05, 0.1) is 32.3 Å². The largest absolute Gasteiger partial charge is 0.490 e. The van der Waals surface area contributed by atoms with Gasteiger partial charge >= 0.3 is 0 Å². The van der Waals surface area contributed by atoms with Crippen LogP contribution in [-0.2, 0) is 26.4 Å². The van der Waals surface area contributed by atoms with Crippen molar-refractivity contribution >= 4 is 54.1 Å². The van der Waals surface area contributed by atoms with E-state index in [1.165, 1.54) is 54.5 Å². The van der Waals surface area contributed by atoms with Crippen LogP contribution in [0.3, 0.4) is 0 Å². The van der Waals surface area contributed by atoms with E-state index in [9.17, 15) is 21.6 Å². The first-order valence-electron chi connectivity index (χ1n) is 15.6. The normalized spacial score (nSPS) is 14.7. The molecule has 1 fully saturated rings. The maximum Gasteiger partial charge on any atom is 0.261 e. The van der Waals surface area contributed by atoms with E-state index in [0.29, 0.717) is 11.1 Å². The Morgan fingerprint density at radius 3 is 2.34 bits per heavy atom. The second-order valence-electron chi connectivity index (χ2n) is 12.0. The Hall–Kier alpha value is -4.48. The molecular weight excluding hydrogens is 704 g/mol. The molecule has 0 amide bonds. The molecule has 17 heteroatoms. The molecular formula is C33H35ClN8O6S2. The van der Waals surface area contributed by atoms with Crippen molar-refractivity contribution in [2.24, 2.45) is 0 Å². The summed E-state index contributed by atoms with van der Waals surface area (Å²) in [6.45, 7) is 1.90. The number of sulfonamides is 1. The lowest BCUT2D eigenvalue weighted by atomic mass is 10.1. The van der Waals surface area contributed by atoms with Crippen molar-refractivity contribution in [3.8, 4) is 17.0 Å². The van der Waals surface area contributed by atoms with E-state index in [0.717, 1.165) is 48.4 Å². The van der Waals surface area contributed by atoms with Crippen molar-refractivity contribution in [1.29, 1.82) is 0 Å². The first-order chi connectivity index (χ1) is 23.8. The quantitative estimate of drug-likeness (QED) is 0.208. The third-order valence-corrected chi connectivity index (χ3v) is 11.8. The number of nitrogens with one attached hydrogen (secondary N) is 1. The molecule has 5 aromatic rings. The topological polar surface area (TPSA) is 170 Å². The summed E-state index contributed by atoms with van der Waals surface area (Å²) in [4.78, 5) is 33.4. The number of nitrogens with zero attached hydrogens (tertiary/aromatic N) is 7. The van der Waals surface area contributed by atoms with E-state index in [-0.39, 0.29) is 56.9 Å². The Labute approximate surface area is 294 Å². The lowest BCUT2D eigenvalue weighted by Crippen LogP contribution is -2.35. The zero-order chi connectivity index (χ0) is 35.6. The summed E-state index contributed by atoms with van der Waals surface area (Å²) in [7, 11) is -3.99. The van der Waals surface area contributed by atoms with Crippen molar-refractivity contribution in [1.82, 2.24) is 33.7 Å². The molecule has 5 heterocycles. The maximum absolute atomic E-state index is 14.1. The molecule has 6 rings (SSSR count).